The number of aromatic nitrogens is 1. The Labute approximate surface area is 163 Å². The third-order valence-corrected chi connectivity index (χ3v) is 4.48. The topological polar surface area (TPSA) is 118 Å². The Balaban J connectivity index is 1.33. The summed E-state index contributed by atoms with van der Waals surface area (Å²) < 4.78 is 17.2. The number of nitro groups is 1. The highest BCUT2D eigenvalue weighted by molar-refractivity contribution is 5.78. The van der Waals surface area contributed by atoms with E-state index in [2.05, 4.69) is 0 Å². The van der Waals surface area contributed by atoms with Crippen LogP contribution in [0.3, 0.4) is 0 Å². The molecule has 0 aliphatic heterocycles. The number of nitro benzene ring substituents is 1. The minimum atomic E-state index is -0.629. The molecule has 4 aromatic rings. The lowest BCUT2D eigenvalue weighted by molar-refractivity contribution is -0.384. The second-order valence-corrected chi connectivity index (χ2v) is 6.44. The summed E-state index contributed by atoms with van der Waals surface area (Å²) in [5.41, 5.74) is 1.14. The molecule has 0 saturated carbocycles. The van der Waals surface area contributed by atoms with E-state index in [0.717, 1.165) is 11.0 Å². The van der Waals surface area contributed by atoms with E-state index >= 15 is 0 Å². The molecule has 0 spiro atoms. The monoisotopic (exact) mass is 396 g/mol. The summed E-state index contributed by atoms with van der Waals surface area (Å²) in [5, 5.41) is 11.8. The maximum atomic E-state index is 12.0. The van der Waals surface area contributed by atoms with Crippen LogP contribution in [0.25, 0.3) is 22.1 Å². The van der Waals surface area contributed by atoms with Crippen molar-refractivity contribution in [1.82, 2.24) is 4.57 Å². The summed E-state index contributed by atoms with van der Waals surface area (Å²) in [6, 6.07) is 13.3. The van der Waals surface area contributed by atoms with Gasteiger partial charge in [-0.3, -0.25) is 19.5 Å². The van der Waals surface area contributed by atoms with Crippen molar-refractivity contribution in [2.45, 2.75) is 26.0 Å². The maximum absolute atomic E-state index is 12.0. The fourth-order valence-corrected chi connectivity index (χ4v) is 3.09. The lowest BCUT2D eigenvalue weighted by atomic mass is 10.2. The quantitative estimate of drug-likeness (QED) is 0.265. The fraction of sp³-hybridized carbons (Fsp3) is 0.200. The predicted molar refractivity (Wildman–Crippen MR) is 102 cm³/mol. The molecular formula is C20H16N2O7. The molecule has 0 radical (unpaired) electrons. The molecule has 0 fully saturated rings. The van der Waals surface area contributed by atoms with E-state index in [1.807, 2.05) is 30.3 Å². The molecule has 2 aromatic heterocycles. The molecule has 0 bridgehead atoms. The molecule has 148 valence electrons. The van der Waals surface area contributed by atoms with Gasteiger partial charge in [0, 0.05) is 24.4 Å². The number of ether oxygens (including phenoxy) is 1. The fourth-order valence-electron chi connectivity index (χ4n) is 3.09. The SMILES string of the molecule is O=C(CCCn1c(=O)oc2cc([N+](=O)[O-])ccc21)OCc1cc2ccccc2o1. The molecule has 0 atom stereocenters. The lowest BCUT2D eigenvalue weighted by Crippen LogP contribution is -2.15. The van der Waals surface area contributed by atoms with Crippen LogP contribution < -0.4 is 5.76 Å². The molecule has 4 rings (SSSR count). The zero-order valence-electron chi connectivity index (χ0n) is 15.2. The van der Waals surface area contributed by atoms with Crippen molar-refractivity contribution in [1.29, 1.82) is 0 Å². The second kappa shape index (κ2) is 7.63. The van der Waals surface area contributed by atoms with Gasteiger partial charge in [0.2, 0.25) is 0 Å². The van der Waals surface area contributed by atoms with Crippen LogP contribution >= 0.6 is 0 Å². The lowest BCUT2D eigenvalue weighted by Gasteiger charge is -2.04. The van der Waals surface area contributed by atoms with Crippen LogP contribution in [-0.4, -0.2) is 15.5 Å². The van der Waals surface area contributed by atoms with Gasteiger partial charge in [0.15, 0.2) is 5.58 Å². The van der Waals surface area contributed by atoms with Gasteiger partial charge in [-0.25, -0.2) is 4.79 Å². The van der Waals surface area contributed by atoms with Crippen LogP contribution in [-0.2, 0) is 22.7 Å². The van der Waals surface area contributed by atoms with Gasteiger partial charge in [-0.2, -0.15) is 0 Å². The van der Waals surface area contributed by atoms with E-state index in [1.54, 1.807) is 0 Å². The van der Waals surface area contributed by atoms with Gasteiger partial charge in [0.25, 0.3) is 5.69 Å². The molecule has 0 aliphatic rings. The van der Waals surface area contributed by atoms with E-state index in [0.29, 0.717) is 17.7 Å². The standard InChI is InChI=1S/C20H16N2O7/c23-19(27-12-15-10-13-4-1-2-5-17(13)28-15)6-3-9-21-16-8-7-14(22(25)26)11-18(16)29-20(21)24/h1-2,4-5,7-8,10-11H,3,6,9,12H2. The summed E-state index contributed by atoms with van der Waals surface area (Å²) in [4.78, 5) is 34.2. The highest BCUT2D eigenvalue weighted by Crippen LogP contribution is 2.21. The minimum absolute atomic E-state index is 0.0335. The highest BCUT2D eigenvalue weighted by Gasteiger charge is 2.14. The van der Waals surface area contributed by atoms with Crippen molar-refractivity contribution in [3.8, 4) is 0 Å². The first-order valence-corrected chi connectivity index (χ1v) is 8.92. The number of non-ortho nitro benzene ring substituents is 1. The Hall–Kier alpha value is -3.88. The number of nitrogens with zero attached hydrogens (tertiary/aromatic N) is 2. The highest BCUT2D eigenvalue weighted by atomic mass is 16.6. The van der Waals surface area contributed by atoms with E-state index in [1.165, 1.54) is 22.8 Å². The zero-order chi connectivity index (χ0) is 20.4. The first-order valence-electron chi connectivity index (χ1n) is 8.92. The van der Waals surface area contributed by atoms with E-state index in [-0.39, 0.29) is 30.8 Å². The van der Waals surface area contributed by atoms with Gasteiger partial charge in [0.1, 0.15) is 18.0 Å². The van der Waals surface area contributed by atoms with Crippen LogP contribution in [0.2, 0.25) is 0 Å². The molecule has 2 aromatic carbocycles. The minimum Gasteiger partial charge on any atom is -0.457 e. The zero-order valence-corrected chi connectivity index (χ0v) is 15.2. The first kappa shape index (κ1) is 18.5. The summed E-state index contributed by atoms with van der Waals surface area (Å²) in [5.74, 6) is -0.490. The van der Waals surface area contributed by atoms with Gasteiger partial charge in [-0.1, -0.05) is 18.2 Å². The van der Waals surface area contributed by atoms with Crippen molar-refractivity contribution in [3.63, 3.8) is 0 Å². The van der Waals surface area contributed by atoms with Gasteiger partial charge in [0.05, 0.1) is 16.5 Å². The van der Waals surface area contributed by atoms with Crippen LogP contribution in [0.1, 0.15) is 18.6 Å². The normalized spacial score (nSPS) is 11.2. The molecule has 2 heterocycles. The summed E-state index contributed by atoms with van der Waals surface area (Å²) in [6.07, 6.45) is 0.455. The number of hydrogen-bond acceptors (Lipinski definition) is 7. The Bertz CT molecular complexity index is 1230. The van der Waals surface area contributed by atoms with Gasteiger partial charge in [-0.05, 0) is 24.6 Å². The van der Waals surface area contributed by atoms with Crippen LogP contribution in [0.15, 0.2) is 62.2 Å². The van der Waals surface area contributed by atoms with E-state index < -0.39 is 16.6 Å². The van der Waals surface area contributed by atoms with E-state index in [4.69, 9.17) is 13.6 Å². The van der Waals surface area contributed by atoms with Gasteiger partial charge >= 0.3 is 11.7 Å². The Morgan fingerprint density at radius 3 is 2.72 bits per heavy atom. The van der Waals surface area contributed by atoms with E-state index in [9.17, 15) is 19.7 Å². The van der Waals surface area contributed by atoms with Crippen LogP contribution in [0, 0.1) is 10.1 Å². The number of fused-ring (bicyclic) bond motifs is 2. The molecule has 0 aliphatic carbocycles. The molecular weight excluding hydrogens is 380 g/mol. The average molecular weight is 396 g/mol. The van der Waals surface area contributed by atoms with Crippen LogP contribution in [0.4, 0.5) is 5.69 Å². The van der Waals surface area contributed by atoms with Crippen molar-refractivity contribution in [2.24, 2.45) is 0 Å². The Kier molecular flexibility index (Phi) is 4.86. The molecule has 0 amide bonds. The molecule has 29 heavy (non-hydrogen) atoms. The number of carbonyl (C=O) groups excluding carboxylic acids is 1. The van der Waals surface area contributed by atoms with Gasteiger partial charge in [-0.15, -0.1) is 0 Å². The number of carbonyl (C=O) groups is 1. The van der Waals surface area contributed by atoms with Crippen LogP contribution in [0.5, 0.6) is 0 Å². The summed E-state index contributed by atoms with van der Waals surface area (Å²) >= 11 is 0. The predicted octanol–water partition coefficient (Wildman–Crippen LogP) is 3.77. The Morgan fingerprint density at radius 1 is 1.10 bits per heavy atom. The summed E-state index contributed by atoms with van der Waals surface area (Å²) in [6.45, 7) is 0.259. The Morgan fingerprint density at radius 2 is 1.93 bits per heavy atom. The average Bonchev–Trinajstić information content (AvgIpc) is 3.26. The van der Waals surface area contributed by atoms with Gasteiger partial charge < -0.3 is 13.6 Å². The van der Waals surface area contributed by atoms with Crippen molar-refractivity contribution >= 4 is 33.7 Å². The first-order chi connectivity index (χ1) is 14.0. The third kappa shape index (κ3) is 3.88. The smallest absolute Gasteiger partial charge is 0.419 e. The maximum Gasteiger partial charge on any atom is 0.419 e. The number of hydrogen-bond donors (Lipinski definition) is 0. The number of esters is 1. The van der Waals surface area contributed by atoms with Crippen molar-refractivity contribution in [2.75, 3.05) is 0 Å². The molecule has 9 nitrogen and oxygen atoms in total. The molecule has 0 unspecified atom stereocenters. The number of furan rings is 1. The number of aryl methyl sites for hydroxylation is 1. The third-order valence-electron chi connectivity index (χ3n) is 4.48. The number of benzene rings is 2. The number of para-hydroxylation sites is 1. The number of rotatable bonds is 7. The molecule has 0 N–H and O–H groups in total. The number of oxazole rings is 1. The van der Waals surface area contributed by atoms with Crippen molar-refractivity contribution < 1.29 is 23.3 Å². The van der Waals surface area contributed by atoms with Crippen molar-refractivity contribution in [3.05, 3.63) is 75.0 Å². The second-order valence-electron chi connectivity index (χ2n) is 6.44. The largest absolute Gasteiger partial charge is 0.457 e. The summed E-state index contributed by atoms with van der Waals surface area (Å²) in [7, 11) is 0. The molecule has 0 saturated heterocycles. The molecule has 9 heteroatoms.